The number of halogens is 2. The highest BCUT2D eigenvalue weighted by Crippen LogP contribution is 2.37. The van der Waals surface area contributed by atoms with Crippen LogP contribution in [0.1, 0.15) is 45.4 Å². The molecule has 1 aromatic carbocycles. The Kier molecular flexibility index (Phi) is 5.95. The van der Waals surface area contributed by atoms with Gasteiger partial charge in [-0.05, 0) is 63.9 Å². The van der Waals surface area contributed by atoms with E-state index in [-0.39, 0.29) is 17.8 Å². The molecule has 8 heteroatoms. The van der Waals surface area contributed by atoms with E-state index >= 15 is 0 Å². The number of ether oxygens (including phenoxy) is 1. The zero-order chi connectivity index (χ0) is 22.9. The van der Waals surface area contributed by atoms with Crippen molar-refractivity contribution in [2.24, 2.45) is 0 Å². The standard InChI is InChI=1S/C24H25F2N3O3/c1-24(2,3)32-23(30)29-12-9-16(10-13-29)22-28-20(15-4-6-18(25)7-5-15)21(31-22)17-8-11-27-19(26)14-17/h4-8,11,14,16H,9-10,12-13H2,1-3H3. The lowest BCUT2D eigenvalue weighted by Gasteiger charge is -2.32. The molecule has 1 fully saturated rings. The lowest BCUT2D eigenvalue weighted by molar-refractivity contribution is 0.0199. The number of aromatic nitrogens is 2. The van der Waals surface area contributed by atoms with Gasteiger partial charge in [-0.25, -0.2) is 19.2 Å². The number of rotatable bonds is 3. The Labute approximate surface area is 185 Å². The van der Waals surface area contributed by atoms with Crippen LogP contribution in [-0.2, 0) is 4.74 Å². The van der Waals surface area contributed by atoms with Gasteiger partial charge in [0.2, 0.25) is 5.95 Å². The first kappa shape index (κ1) is 21.9. The van der Waals surface area contributed by atoms with Crippen LogP contribution in [0.5, 0.6) is 0 Å². The molecule has 0 bridgehead atoms. The molecule has 1 saturated heterocycles. The average molecular weight is 441 g/mol. The Morgan fingerprint density at radius 1 is 1.09 bits per heavy atom. The predicted molar refractivity (Wildman–Crippen MR) is 115 cm³/mol. The average Bonchev–Trinajstić information content (AvgIpc) is 3.19. The summed E-state index contributed by atoms with van der Waals surface area (Å²) < 4.78 is 38.8. The summed E-state index contributed by atoms with van der Waals surface area (Å²) in [5.74, 6) is -0.0733. The Bertz CT molecular complexity index is 1100. The SMILES string of the molecule is CC(C)(C)OC(=O)N1CCC(c2nc(-c3ccc(F)cc3)c(-c3ccnc(F)c3)o2)CC1. The second kappa shape index (κ2) is 8.68. The number of hydrogen-bond acceptors (Lipinski definition) is 5. The third kappa shape index (κ3) is 4.95. The molecule has 0 radical (unpaired) electrons. The predicted octanol–water partition coefficient (Wildman–Crippen LogP) is 5.80. The lowest BCUT2D eigenvalue weighted by atomic mass is 9.97. The van der Waals surface area contributed by atoms with Gasteiger partial charge in [0, 0.05) is 42.4 Å². The maximum absolute atomic E-state index is 13.8. The number of carbonyl (C=O) groups excluding carboxylic acids is 1. The van der Waals surface area contributed by atoms with Crippen molar-refractivity contribution in [3.05, 3.63) is 60.3 Å². The van der Waals surface area contributed by atoms with Crippen molar-refractivity contribution >= 4 is 6.09 Å². The molecule has 1 aliphatic heterocycles. The van der Waals surface area contributed by atoms with Gasteiger partial charge in [0.25, 0.3) is 0 Å². The number of nitrogens with zero attached hydrogens (tertiary/aromatic N) is 3. The van der Waals surface area contributed by atoms with E-state index < -0.39 is 11.5 Å². The molecule has 168 valence electrons. The number of pyridine rings is 1. The van der Waals surface area contributed by atoms with E-state index in [0.29, 0.717) is 54.4 Å². The quantitative estimate of drug-likeness (QED) is 0.481. The molecule has 0 spiro atoms. The maximum atomic E-state index is 13.8. The minimum absolute atomic E-state index is 0.00619. The van der Waals surface area contributed by atoms with Gasteiger partial charge in [-0.15, -0.1) is 0 Å². The zero-order valence-corrected chi connectivity index (χ0v) is 18.3. The lowest BCUT2D eigenvalue weighted by Crippen LogP contribution is -2.41. The number of amides is 1. The monoisotopic (exact) mass is 441 g/mol. The highest BCUT2D eigenvalue weighted by atomic mass is 19.1. The van der Waals surface area contributed by atoms with Gasteiger partial charge in [0.15, 0.2) is 11.7 Å². The summed E-state index contributed by atoms with van der Waals surface area (Å²) >= 11 is 0. The van der Waals surface area contributed by atoms with Gasteiger partial charge >= 0.3 is 6.09 Å². The van der Waals surface area contributed by atoms with E-state index in [9.17, 15) is 13.6 Å². The van der Waals surface area contributed by atoms with Crippen LogP contribution >= 0.6 is 0 Å². The van der Waals surface area contributed by atoms with E-state index in [1.807, 2.05) is 20.8 Å². The Balaban J connectivity index is 1.60. The number of oxazole rings is 1. The summed E-state index contributed by atoms with van der Waals surface area (Å²) in [4.78, 5) is 22.3. The largest absolute Gasteiger partial charge is 0.444 e. The third-order valence-corrected chi connectivity index (χ3v) is 5.25. The molecule has 0 aliphatic carbocycles. The van der Waals surface area contributed by atoms with Gasteiger partial charge < -0.3 is 14.1 Å². The number of piperidine rings is 1. The van der Waals surface area contributed by atoms with Gasteiger partial charge in [-0.2, -0.15) is 4.39 Å². The van der Waals surface area contributed by atoms with Crippen LogP contribution in [0.25, 0.3) is 22.6 Å². The number of likely N-dealkylation sites (tertiary alicyclic amines) is 1. The number of benzene rings is 1. The van der Waals surface area contributed by atoms with Crippen LogP contribution < -0.4 is 0 Å². The number of hydrogen-bond donors (Lipinski definition) is 0. The van der Waals surface area contributed by atoms with Crippen LogP contribution in [0.4, 0.5) is 13.6 Å². The molecule has 0 saturated carbocycles. The van der Waals surface area contributed by atoms with E-state index in [2.05, 4.69) is 4.98 Å². The summed E-state index contributed by atoms with van der Waals surface area (Å²) in [7, 11) is 0. The summed E-state index contributed by atoms with van der Waals surface area (Å²) in [5, 5.41) is 0. The van der Waals surface area contributed by atoms with Crippen LogP contribution in [0.3, 0.4) is 0 Å². The van der Waals surface area contributed by atoms with Crippen molar-refractivity contribution in [3.8, 4) is 22.6 Å². The maximum Gasteiger partial charge on any atom is 0.410 e. The van der Waals surface area contributed by atoms with Crippen LogP contribution in [0.2, 0.25) is 0 Å². The molecule has 6 nitrogen and oxygen atoms in total. The topological polar surface area (TPSA) is 68.5 Å². The van der Waals surface area contributed by atoms with Crippen molar-refractivity contribution in [1.82, 2.24) is 14.9 Å². The summed E-state index contributed by atoms with van der Waals surface area (Å²) in [5.41, 5.74) is 1.14. The molecule has 32 heavy (non-hydrogen) atoms. The molecule has 3 aromatic rings. The summed E-state index contributed by atoms with van der Waals surface area (Å²) in [6.45, 7) is 6.56. The minimum Gasteiger partial charge on any atom is -0.444 e. The van der Waals surface area contributed by atoms with Crippen molar-refractivity contribution in [3.63, 3.8) is 0 Å². The summed E-state index contributed by atoms with van der Waals surface area (Å²) in [6.07, 6.45) is 2.35. The Morgan fingerprint density at radius 3 is 2.41 bits per heavy atom. The molecular formula is C24H25F2N3O3. The normalized spacial score (nSPS) is 15.1. The fourth-order valence-corrected chi connectivity index (χ4v) is 3.69. The third-order valence-electron chi connectivity index (χ3n) is 5.25. The Morgan fingerprint density at radius 2 is 1.78 bits per heavy atom. The first-order valence-electron chi connectivity index (χ1n) is 10.6. The van der Waals surface area contributed by atoms with Crippen LogP contribution in [0, 0.1) is 11.8 Å². The smallest absolute Gasteiger partial charge is 0.410 e. The van der Waals surface area contributed by atoms with Crippen molar-refractivity contribution in [2.45, 2.75) is 45.1 Å². The van der Waals surface area contributed by atoms with Crippen LogP contribution in [0.15, 0.2) is 47.0 Å². The fourth-order valence-electron chi connectivity index (χ4n) is 3.69. The van der Waals surface area contributed by atoms with Crippen LogP contribution in [-0.4, -0.2) is 39.7 Å². The first-order valence-corrected chi connectivity index (χ1v) is 10.6. The minimum atomic E-state index is -0.629. The van der Waals surface area contributed by atoms with Crippen molar-refractivity contribution < 1.29 is 22.7 Å². The van der Waals surface area contributed by atoms with E-state index in [1.54, 1.807) is 23.1 Å². The highest BCUT2D eigenvalue weighted by molar-refractivity contribution is 5.76. The molecule has 0 unspecified atom stereocenters. The van der Waals surface area contributed by atoms with Gasteiger partial charge in [-0.3, -0.25) is 0 Å². The van der Waals surface area contributed by atoms with E-state index in [4.69, 9.17) is 14.1 Å². The molecular weight excluding hydrogens is 416 g/mol. The molecule has 2 aromatic heterocycles. The van der Waals surface area contributed by atoms with Gasteiger partial charge in [0.05, 0.1) is 0 Å². The number of carbonyl (C=O) groups is 1. The molecule has 4 rings (SSSR count). The van der Waals surface area contributed by atoms with Crippen molar-refractivity contribution in [1.29, 1.82) is 0 Å². The molecule has 0 N–H and O–H groups in total. The van der Waals surface area contributed by atoms with Gasteiger partial charge in [-0.1, -0.05) is 0 Å². The van der Waals surface area contributed by atoms with Gasteiger partial charge in [0.1, 0.15) is 17.1 Å². The highest BCUT2D eigenvalue weighted by Gasteiger charge is 2.31. The fraction of sp³-hybridized carbons (Fsp3) is 0.375. The molecule has 1 aliphatic rings. The van der Waals surface area contributed by atoms with E-state index in [1.165, 1.54) is 24.4 Å². The van der Waals surface area contributed by atoms with Crippen molar-refractivity contribution in [2.75, 3.05) is 13.1 Å². The Hall–Kier alpha value is -3.29. The molecule has 3 heterocycles. The second-order valence-corrected chi connectivity index (χ2v) is 8.85. The molecule has 1 amide bonds. The summed E-state index contributed by atoms with van der Waals surface area (Å²) in [6, 6.07) is 8.85. The first-order chi connectivity index (χ1) is 15.2. The second-order valence-electron chi connectivity index (χ2n) is 8.85. The zero-order valence-electron chi connectivity index (χ0n) is 18.3. The molecule has 0 atom stereocenters. The van der Waals surface area contributed by atoms with E-state index in [0.717, 1.165) is 0 Å².